The number of carbonyl (C=O) groups is 1. The Bertz CT molecular complexity index is 1320. The van der Waals surface area contributed by atoms with Crippen molar-refractivity contribution in [1.29, 1.82) is 0 Å². The molecule has 3 aromatic rings. The summed E-state index contributed by atoms with van der Waals surface area (Å²) in [7, 11) is 1.45. The number of nitrogens with zero attached hydrogens (tertiary/aromatic N) is 4. The van der Waals surface area contributed by atoms with E-state index in [9.17, 15) is 13.6 Å². The molecule has 0 bridgehead atoms. The Morgan fingerprint density at radius 1 is 1.29 bits per heavy atom. The standard InChI is InChI=1S/C23H18Cl2F2N4O4/c1-4-34-18(32)11-17-21-29-30-22(23(25,26)27)31(21)15-9-8-12(28-2)10-14(15)20(35-17)13-6-5-7-16(33-3)19(13)24/h5-10,17,20H,4,11H2,1,3H3/t17-,20-/m1/s1. The fourth-order valence-electron chi connectivity index (χ4n) is 3.89. The number of fused-ring (bicyclic) bond motifs is 3. The van der Waals surface area contributed by atoms with E-state index in [1.807, 2.05) is 0 Å². The summed E-state index contributed by atoms with van der Waals surface area (Å²) in [6, 6.07) is 9.44. The van der Waals surface area contributed by atoms with Crippen LogP contribution in [0.2, 0.25) is 5.02 Å². The van der Waals surface area contributed by atoms with Crippen LogP contribution in [0.4, 0.5) is 14.5 Å². The van der Waals surface area contributed by atoms with Crippen LogP contribution in [0.15, 0.2) is 36.4 Å². The van der Waals surface area contributed by atoms with Gasteiger partial charge in [-0.05, 0) is 42.3 Å². The molecule has 0 spiro atoms. The SMILES string of the molecule is [C-]#[N+]c1ccc2c(c1)[C@@H](c1cccc(OC)c1Cl)O[C@H](CC(=O)OCC)c1nnc(C(F)(F)Cl)n1-2. The number of methoxy groups -OCH3 is 1. The summed E-state index contributed by atoms with van der Waals surface area (Å²) in [4.78, 5) is 15.8. The van der Waals surface area contributed by atoms with Crippen molar-refractivity contribution >= 4 is 34.9 Å². The quantitative estimate of drug-likeness (QED) is 0.228. The summed E-state index contributed by atoms with van der Waals surface area (Å²) in [6.07, 6.45) is -2.50. The average molecular weight is 523 g/mol. The fraction of sp³-hybridized carbons (Fsp3) is 0.304. The van der Waals surface area contributed by atoms with Gasteiger partial charge in [-0.1, -0.05) is 29.8 Å². The largest absolute Gasteiger partial charge is 0.495 e. The number of benzene rings is 2. The normalized spacial score (nSPS) is 17.1. The fourth-order valence-corrected chi connectivity index (χ4v) is 4.31. The van der Waals surface area contributed by atoms with Crippen molar-refractivity contribution in [3.63, 3.8) is 0 Å². The number of ether oxygens (including phenoxy) is 3. The Labute approximate surface area is 209 Å². The maximum atomic E-state index is 14.4. The van der Waals surface area contributed by atoms with Crippen molar-refractivity contribution < 1.29 is 27.8 Å². The number of alkyl halides is 3. The van der Waals surface area contributed by atoms with Gasteiger partial charge in [-0.2, -0.15) is 8.78 Å². The highest BCUT2D eigenvalue weighted by Gasteiger charge is 2.42. The Morgan fingerprint density at radius 2 is 2.06 bits per heavy atom. The highest BCUT2D eigenvalue weighted by Crippen LogP contribution is 2.47. The first-order chi connectivity index (χ1) is 16.7. The number of rotatable bonds is 6. The van der Waals surface area contributed by atoms with Crippen molar-refractivity contribution in [2.24, 2.45) is 0 Å². The van der Waals surface area contributed by atoms with Gasteiger partial charge in [0.1, 0.15) is 18.0 Å². The molecule has 0 saturated heterocycles. The van der Waals surface area contributed by atoms with E-state index in [4.69, 9.17) is 44.0 Å². The Hall–Kier alpha value is -3.26. The molecule has 1 aliphatic heterocycles. The second-order valence-electron chi connectivity index (χ2n) is 7.45. The maximum Gasteiger partial charge on any atom is 0.382 e. The molecule has 4 rings (SSSR count). The van der Waals surface area contributed by atoms with Gasteiger partial charge in [-0.3, -0.25) is 9.36 Å². The topological polar surface area (TPSA) is 79.8 Å². The minimum atomic E-state index is -3.89. The lowest BCUT2D eigenvalue weighted by atomic mass is 9.98. The summed E-state index contributed by atoms with van der Waals surface area (Å²) < 4.78 is 46.5. The van der Waals surface area contributed by atoms with Gasteiger partial charge in [0.25, 0.3) is 0 Å². The zero-order valence-electron chi connectivity index (χ0n) is 18.5. The third kappa shape index (κ3) is 4.67. The summed E-state index contributed by atoms with van der Waals surface area (Å²) >= 11 is 12.0. The van der Waals surface area contributed by atoms with Gasteiger partial charge in [-0.15, -0.1) is 10.2 Å². The molecule has 0 fully saturated rings. The van der Waals surface area contributed by atoms with Crippen LogP contribution >= 0.6 is 23.2 Å². The smallest absolute Gasteiger partial charge is 0.382 e. The molecule has 0 amide bonds. The highest BCUT2D eigenvalue weighted by atomic mass is 35.5. The average Bonchev–Trinajstić information content (AvgIpc) is 3.23. The van der Waals surface area contributed by atoms with Crippen LogP contribution in [0.3, 0.4) is 0 Å². The first kappa shape index (κ1) is 24.9. The van der Waals surface area contributed by atoms with Gasteiger partial charge in [0.05, 0.1) is 37.4 Å². The second kappa shape index (κ2) is 9.77. The van der Waals surface area contributed by atoms with Crippen molar-refractivity contribution in [3.05, 3.63) is 75.6 Å². The summed E-state index contributed by atoms with van der Waals surface area (Å²) in [5.41, 5.74) is 1.18. The maximum absolute atomic E-state index is 14.4. The molecule has 2 atom stereocenters. The van der Waals surface area contributed by atoms with Gasteiger partial charge in [-0.25, -0.2) is 4.85 Å². The lowest BCUT2D eigenvalue weighted by Gasteiger charge is -2.24. The predicted octanol–water partition coefficient (Wildman–Crippen LogP) is 5.88. The van der Waals surface area contributed by atoms with E-state index >= 15 is 0 Å². The van der Waals surface area contributed by atoms with Crippen LogP contribution in [0.25, 0.3) is 10.5 Å². The minimum absolute atomic E-state index is 0.0771. The first-order valence-electron chi connectivity index (χ1n) is 10.4. The van der Waals surface area contributed by atoms with Crippen LogP contribution in [0, 0.1) is 6.57 Å². The molecule has 0 aliphatic carbocycles. The van der Waals surface area contributed by atoms with Crippen molar-refractivity contribution in [2.75, 3.05) is 13.7 Å². The van der Waals surface area contributed by atoms with Gasteiger partial charge >= 0.3 is 11.4 Å². The zero-order chi connectivity index (χ0) is 25.3. The Balaban J connectivity index is 2.01. The van der Waals surface area contributed by atoms with Gasteiger partial charge < -0.3 is 14.2 Å². The van der Waals surface area contributed by atoms with E-state index in [0.717, 1.165) is 4.57 Å². The van der Waals surface area contributed by atoms with E-state index in [1.165, 1.54) is 25.3 Å². The van der Waals surface area contributed by atoms with Gasteiger partial charge in [0.2, 0.25) is 5.82 Å². The minimum Gasteiger partial charge on any atom is -0.495 e. The lowest BCUT2D eigenvalue weighted by Crippen LogP contribution is -2.18. The summed E-state index contributed by atoms with van der Waals surface area (Å²) in [6.45, 7) is 9.19. The van der Waals surface area contributed by atoms with Crippen molar-refractivity contribution in [2.45, 2.75) is 30.9 Å². The number of hydrogen-bond acceptors (Lipinski definition) is 6. The van der Waals surface area contributed by atoms with Crippen LogP contribution in [0.1, 0.15) is 48.3 Å². The highest BCUT2D eigenvalue weighted by molar-refractivity contribution is 6.33. The molecule has 2 aromatic carbocycles. The van der Waals surface area contributed by atoms with E-state index in [0.29, 0.717) is 16.9 Å². The summed E-state index contributed by atoms with van der Waals surface area (Å²) in [5, 5.41) is 3.82. The zero-order valence-corrected chi connectivity index (χ0v) is 20.0. The van der Waals surface area contributed by atoms with Crippen LogP contribution in [-0.2, 0) is 19.6 Å². The lowest BCUT2D eigenvalue weighted by molar-refractivity contribution is -0.147. The summed E-state index contributed by atoms with van der Waals surface area (Å²) in [5.74, 6) is -1.21. The van der Waals surface area contributed by atoms with Gasteiger partial charge in [0, 0.05) is 5.56 Å². The molecule has 0 N–H and O–H groups in total. The third-order valence-corrected chi connectivity index (χ3v) is 5.92. The van der Waals surface area contributed by atoms with Crippen LogP contribution in [0.5, 0.6) is 5.75 Å². The third-order valence-electron chi connectivity index (χ3n) is 5.35. The predicted molar refractivity (Wildman–Crippen MR) is 122 cm³/mol. The number of aromatic nitrogens is 3. The van der Waals surface area contributed by atoms with E-state index in [1.54, 1.807) is 25.1 Å². The Kier molecular flexibility index (Phi) is 6.94. The number of carbonyl (C=O) groups excluding carboxylic acids is 1. The molecule has 8 nitrogen and oxygen atoms in total. The number of hydrogen-bond donors (Lipinski definition) is 0. The second-order valence-corrected chi connectivity index (χ2v) is 8.30. The van der Waals surface area contributed by atoms with E-state index in [2.05, 4.69) is 15.0 Å². The van der Waals surface area contributed by atoms with Crippen LogP contribution < -0.4 is 4.74 Å². The van der Waals surface area contributed by atoms with Crippen molar-refractivity contribution in [3.8, 4) is 11.4 Å². The number of halogens is 4. The first-order valence-corrected chi connectivity index (χ1v) is 11.1. The molecular formula is C23H18Cl2F2N4O4. The van der Waals surface area contributed by atoms with E-state index in [-0.39, 0.29) is 35.2 Å². The molecule has 35 heavy (non-hydrogen) atoms. The molecule has 0 unspecified atom stereocenters. The monoisotopic (exact) mass is 522 g/mol. The van der Waals surface area contributed by atoms with Gasteiger partial charge in [0.15, 0.2) is 11.5 Å². The van der Waals surface area contributed by atoms with Crippen molar-refractivity contribution in [1.82, 2.24) is 14.8 Å². The molecule has 0 radical (unpaired) electrons. The Morgan fingerprint density at radius 3 is 2.71 bits per heavy atom. The molecule has 1 aromatic heterocycles. The number of esters is 1. The molecule has 2 heterocycles. The molecular weight excluding hydrogens is 505 g/mol. The molecule has 1 aliphatic rings. The van der Waals surface area contributed by atoms with Crippen LogP contribution in [-0.4, -0.2) is 34.5 Å². The molecule has 12 heteroatoms. The molecule has 0 saturated carbocycles. The van der Waals surface area contributed by atoms with E-state index < -0.39 is 29.4 Å². The molecule has 182 valence electrons.